The SMILES string of the molecule is [C-]#[N+]C(=CC=CC(=C=N)C(=O)c1cc2ccccc2o1)C(=O)c1cc2ccccc2o1. The van der Waals surface area contributed by atoms with Crippen LogP contribution in [0.2, 0.25) is 0 Å². The number of hydrogen-bond acceptors (Lipinski definition) is 5. The Balaban J connectivity index is 1.56. The largest absolute Gasteiger partial charge is 0.454 e. The summed E-state index contributed by atoms with van der Waals surface area (Å²) in [6.45, 7) is 7.30. The van der Waals surface area contributed by atoms with Crippen LogP contribution in [0.25, 0.3) is 26.8 Å². The van der Waals surface area contributed by atoms with Crippen molar-refractivity contribution in [3.63, 3.8) is 0 Å². The third-order valence-corrected chi connectivity index (χ3v) is 4.55. The first-order valence-corrected chi connectivity index (χ1v) is 9.23. The number of carbonyl (C=O) groups is 2. The number of carbonyl (C=O) groups excluding carboxylic acids is 2. The van der Waals surface area contributed by atoms with Crippen molar-refractivity contribution in [1.82, 2.24) is 0 Å². The maximum absolute atomic E-state index is 12.6. The molecular formula is C25H14N2O4. The molecule has 0 aliphatic rings. The summed E-state index contributed by atoms with van der Waals surface area (Å²) in [6.07, 6.45) is 3.93. The molecule has 0 atom stereocenters. The molecule has 0 amide bonds. The number of hydrogen-bond donors (Lipinski definition) is 1. The Morgan fingerprint density at radius 2 is 1.45 bits per heavy atom. The molecule has 4 aromatic rings. The third kappa shape index (κ3) is 3.90. The lowest BCUT2D eigenvalue weighted by Crippen LogP contribution is -2.00. The molecule has 0 unspecified atom stereocenters. The van der Waals surface area contributed by atoms with Crippen LogP contribution in [-0.4, -0.2) is 17.4 Å². The predicted octanol–water partition coefficient (Wildman–Crippen LogP) is 5.78. The van der Waals surface area contributed by atoms with E-state index in [0.717, 1.165) is 10.8 Å². The lowest BCUT2D eigenvalue weighted by atomic mass is 10.1. The van der Waals surface area contributed by atoms with Gasteiger partial charge < -0.3 is 8.83 Å². The van der Waals surface area contributed by atoms with Gasteiger partial charge in [-0.15, -0.1) is 0 Å². The second-order valence-electron chi connectivity index (χ2n) is 6.52. The Labute approximate surface area is 176 Å². The molecule has 0 fully saturated rings. The smallest absolute Gasteiger partial charge is 0.237 e. The molecule has 0 aliphatic heterocycles. The van der Waals surface area contributed by atoms with Gasteiger partial charge in [0.05, 0.1) is 12.1 Å². The molecule has 31 heavy (non-hydrogen) atoms. The fraction of sp³-hybridized carbons (Fsp3) is 0. The molecule has 0 saturated heterocycles. The van der Waals surface area contributed by atoms with Gasteiger partial charge in [0.2, 0.25) is 17.3 Å². The normalized spacial score (nSPS) is 11.5. The highest BCUT2D eigenvalue weighted by atomic mass is 16.3. The molecule has 0 radical (unpaired) electrons. The van der Waals surface area contributed by atoms with E-state index in [0.29, 0.717) is 11.2 Å². The number of furan rings is 2. The number of ketones is 2. The van der Waals surface area contributed by atoms with Gasteiger partial charge in [-0.2, -0.15) is 0 Å². The minimum Gasteiger partial charge on any atom is -0.454 e. The van der Waals surface area contributed by atoms with Gasteiger partial charge in [-0.25, -0.2) is 4.85 Å². The number of para-hydroxylation sites is 2. The Kier molecular flexibility index (Phi) is 5.27. The summed E-state index contributed by atoms with van der Waals surface area (Å²) in [6, 6.07) is 17.5. The predicted molar refractivity (Wildman–Crippen MR) is 116 cm³/mol. The topological polar surface area (TPSA) is 88.6 Å². The van der Waals surface area contributed by atoms with E-state index in [1.807, 2.05) is 24.3 Å². The van der Waals surface area contributed by atoms with Gasteiger partial charge in [-0.1, -0.05) is 48.6 Å². The highest BCUT2D eigenvalue weighted by Gasteiger charge is 2.18. The van der Waals surface area contributed by atoms with Crippen LogP contribution in [0.3, 0.4) is 0 Å². The second kappa shape index (κ2) is 8.34. The van der Waals surface area contributed by atoms with E-state index in [2.05, 4.69) is 10.7 Å². The van der Waals surface area contributed by atoms with Gasteiger partial charge in [0.25, 0.3) is 0 Å². The maximum atomic E-state index is 12.6. The second-order valence-corrected chi connectivity index (χ2v) is 6.52. The van der Waals surface area contributed by atoms with Crippen molar-refractivity contribution in [3.05, 3.63) is 113 Å². The van der Waals surface area contributed by atoms with Gasteiger partial charge in [0, 0.05) is 10.8 Å². The minimum atomic E-state index is -0.570. The van der Waals surface area contributed by atoms with Crippen LogP contribution in [0.15, 0.2) is 99.0 Å². The molecule has 0 bridgehead atoms. The van der Waals surface area contributed by atoms with Gasteiger partial charge in [0.15, 0.2) is 11.5 Å². The quantitative estimate of drug-likeness (QED) is 0.145. The summed E-state index contributed by atoms with van der Waals surface area (Å²) in [5, 5.41) is 8.95. The zero-order chi connectivity index (χ0) is 21.8. The van der Waals surface area contributed by atoms with E-state index >= 15 is 0 Å². The van der Waals surface area contributed by atoms with Crippen molar-refractivity contribution in [1.29, 1.82) is 5.41 Å². The van der Waals surface area contributed by atoms with Gasteiger partial charge >= 0.3 is 0 Å². The molecule has 6 heteroatoms. The van der Waals surface area contributed by atoms with Crippen LogP contribution in [0.5, 0.6) is 0 Å². The van der Waals surface area contributed by atoms with Crippen molar-refractivity contribution in [3.8, 4) is 0 Å². The van der Waals surface area contributed by atoms with Crippen LogP contribution in [-0.2, 0) is 0 Å². The first kappa shape index (κ1) is 19.6. The summed E-state index contributed by atoms with van der Waals surface area (Å²) in [5.74, 6) is 1.11. The van der Waals surface area contributed by atoms with Crippen LogP contribution < -0.4 is 0 Å². The number of nitrogens with one attached hydrogen (secondary N) is 1. The summed E-state index contributed by atoms with van der Waals surface area (Å²) in [5.41, 5.74) is 0.855. The Bertz CT molecular complexity index is 1420. The molecule has 148 valence electrons. The number of fused-ring (bicyclic) bond motifs is 2. The molecule has 2 aromatic heterocycles. The molecule has 0 saturated carbocycles. The number of allylic oxidation sites excluding steroid dienone is 5. The van der Waals surface area contributed by atoms with E-state index in [1.165, 1.54) is 18.2 Å². The van der Waals surface area contributed by atoms with Crippen molar-refractivity contribution in [2.45, 2.75) is 0 Å². The summed E-state index contributed by atoms with van der Waals surface area (Å²) >= 11 is 0. The lowest BCUT2D eigenvalue weighted by molar-refractivity contribution is 0.100. The minimum absolute atomic E-state index is 0.0537. The molecule has 0 aliphatic carbocycles. The number of benzene rings is 2. The van der Waals surface area contributed by atoms with Gasteiger partial charge in [0.1, 0.15) is 11.2 Å². The molecule has 4 rings (SSSR count). The molecule has 6 nitrogen and oxygen atoms in total. The fourth-order valence-electron chi connectivity index (χ4n) is 3.02. The van der Waals surface area contributed by atoms with E-state index in [4.69, 9.17) is 20.8 Å². The summed E-state index contributed by atoms with van der Waals surface area (Å²) in [7, 11) is 0. The van der Waals surface area contributed by atoms with E-state index < -0.39 is 11.6 Å². The lowest BCUT2D eigenvalue weighted by Gasteiger charge is -1.95. The third-order valence-electron chi connectivity index (χ3n) is 4.55. The van der Waals surface area contributed by atoms with Crippen molar-refractivity contribution in [2.24, 2.45) is 0 Å². The number of nitrogens with zero attached hydrogens (tertiary/aromatic N) is 1. The maximum Gasteiger partial charge on any atom is 0.237 e. The van der Waals surface area contributed by atoms with E-state index in [-0.39, 0.29) is 22.8 Å². The first-order valence-electron chi connectivity index (χ1n) is 9.23. The average Bonchev–Trinajstić information content (AvgIpc) is 3.42. The zero-order valence-corrected chi connectivity index (χ0v) is 16.1. The molecule has 2 heterocycles. The van der Waals surface area contributed by atoms with Crippen molar-refractivity contribution >= 4 is 39.4 Å². The van der Waals surface area contributed by atoms with Crippen molar-refractivity contribution in [2.75, 3.05) is 0 Å². The molecular weight excluding hydrogens is 392 g/mol. The Morgan fingerprint density at radius 1 is 0.903 bits per heavy atom. The van der Waals surface area contributed by atoms with Crippen LogP contribution in [0, 0.1) is 12.0 Å². The van der Waals surface area contributed by atoms with Crippen LogP contribution in [0.1, 0.15) is 21.1 Å². The molecule has 1 N–H and O–H groups in total. The van der Waals surface area contributed by atoms with Crippen LogP contribution >= 0.6 is 0 Å². The fourth-order valence-corrected chi connectivity index (χ4v) is 3.02. The summed E-state index contributed by atoms with van der Waals surface area (Å²) in [4.78, 5) is 28.5. The number of Topliss-reactive ketones (excluding diaryl/α,β-unsaturated/α-hetero) is 2. The monoisotopic (exact) mass is 406 g/mol. The Morgan fingerprint density at radius 3 is 1.97 bits per heavy atom. The zero-order valence-electron chi connectivity index (χ0n) is 16.1. The standard InChI is InChI=1S/C25H14N2O4/c1-27-19(25(29)23-14-17-8-3-5-12-21(17)31-23)10-6-9-18(15-26)24(28)22-13-16-7-2-4-11-20(16)30-22/h2-14,26H. The highest BCUT2D eigenvalue weighted by Crippen LogP contribution is 2.22. The average molecular weight is 406 g/mol. The van der Waals surface area contributed by atoms with Gasteiger partial charge in [-0.05, 0) is 36.2 Å². The highest BCUT2D eigenvalue weighted by molar-refractivity contribution is 6.15. The Hall–Kier alpha value is -4.72. The van der Waals surface area contributed by atoms with Crippen molar-refractivity contribution < 1.29 is 18.4 Å². The molecule has 0 spiro atoms. The first-order chi connectivity index (χ1) is 15.1. The molecule has 2 aromatic carbocycles. The van der Waals surface area contributed by atoms with Gasteiger partial charge in [-0.3, -0.25) is 15.0 Å². The van der Waals surface area contributed by atoms with Crippen LogP contribution in [0.4, 0.5) is 0 Å². The van der Waals surface area contributed by atoms with E-state index in [1.54, 1.807) is 36.4 Å². The summed E-state index contributed by atoms with van der Waals surface area (Å²) < 4.78 is 11.0. The van der Waals surface area contributed by atoms with E-state index in [9.17, 15) is 9.59 Å². The number of rotatable bonds is 6.